The predicted octanol–water partition coefficient (Wildman–Crippen LogP) is 6.74. The molecule has 1 aromatic carbocycles. The van der Waals surface area contributed by atoms with Crippen LogP contribution >= 0.6 is 0 Å². The van der Waals surface area contributed by atoms with Crippen molar-refractivity contribution in [1.82, 2.24) is 0 Å². The van der Waals surface area contributed by atoms with Gasteiger partial charge >= 0.3 is 0 Å². The number of hydrogen-bond donors (Lipinski definition) is 0. The lowest BCUT2D eigenvalue weighted by Gasteiger charge is -2.34. The van der Waals surface area contributed by atoms with Crippen LogP contribution < -0.4 is 0 Å². The molecule has 2 saturated carbocycles. The predicted molar refractivity (Wildman–Crippen MR) is 96.3 cm³/mol. The van der Waals surface area contributed by atoms with Crippen LogP contribution in [0.15, 0.2) is 24.3 Å². The molecule has 0 heteroatoms. The third-order valence-corrected chi connectivity index (χ3v) is 6.60. The topological polar surface area (TPSA) is 0 Å². The molecule has 0 nitrogen and oxygen atoms in total. The molecule has 2 unspecified atom stereocenters. The molecule has 0 aromatic heterocycles. The van der Waals surface area contributed by atoms with Crippen LogP contribution in [0.25, 0.3) is 0 Å². The summed E-state index contributed by atoms with van der Waals surface area (Å²) >= 11 is 0. The first kappa shape index (κ1) is 16.1. The van der Waals surface area contributed by atoms with Gasteiger partial charge in [0.2, 0.25) is 0 Å². The summed E-state index contributed by atoms with van der Waals surface area (Å²) in [7, 11) is 0. The number of aryl methyl sites for hydroxylation is 1. The minimum atomic E-state index is 0.840. The average molecular weight is 299 g/mol. The Balaban J connectivity index is 1.53. The van der Waals surface area contributed by atoms with Crippen molar-refractivity contribution in [2.24, 2.45) is 17.8 Å². The first-order chi connectivity index (χ1) is 10.8. The molecule has 1 aromatic rings. The number of hydrogen-bond acceptors (Lipinski definition) is 0. The summed E-state index contributed by atoms with van der Waals surface area (Å²) in [4.78, 5) is 0. The highest BCUT2D eigenvalue weighted by Crippen LogP contribution is 2.43. The first-order valence-corrected chi connectivity index (χ1v) is 9.85. The largest absolute Gasteiger partial charge is 0.0625 e. The van der Waals surface area contributed by atoms with E-state index in [0.29, 0.717) is 0 Å². The van der Waals surface area contributed by atoms with Gasteiger partial charge in [0.05, 0.1) is 0 Å². The Bertz CT molecular complexity index is 436. The zero-order valence-corrected chi connectivity index (χ0v) is 14.7. The van der Waals surface area contributed by atoms with Gasteiger partial charge in [0.15, 0.2) is 0 Å². The van der Waals surface area contributed by atoms with Gasteiger partial charge in [-0.15, -0.1) is 0 Å². The van der Waals surface area contributed by atoms with Crippen molar-refractivity contribution in [2.45, 2.75) is 84.0 Å². The van der Waals surface area contributed by atoms with Crippen LogP contribution in [-0.4, -0.2) is 0 Å². The fourth-order valence-corrected chi connectivity index (χ4v) is 4.94. The van der Waals surface area contributed by atoms with Crippen molar-refractivity contribution in [3.63, 3.8) is 0 Å². The Morgan fingerprint density at radius 1 is 0.773 bits per heavy atom. The van der Waals surface area contributed by atoms with Gasteiger partial charge in [-0.05, 0) is 73.3 Å². The van der Waals surface area contributed by atoms with Gasteiger partial charge in [-0.3, -0.25) is 0 Å². The van der Waals surface area contributed by atoms with Crippen LogP contribution in [0.3, 0.4) is 0 Å². The molecule has 0 N–H and O–H groups in total. The van der Waals surface area contributed by atoms with Gasteiger partial charge in [0.25, 0.3) is 0 Å². The van der Waals surface area contributed by atoms with Gasteiger partial charge in [0.1, 0.15) is 0 Å². The van der Waals surface area contributed by atoms with E-state index >= 15 is 0 Å². The number of benzene rings is 1. The van der Waals surface area contributed by atoms with Gasteiger partial charge in [0, 0.05) is 0 Å². The summed E-state index contributed by atoms with van der Waals surface area (Å²) in [6, 6.07) is 9.48. The minimum Gasteiger partial charge on any atom is -0.0625 e. The van der Waals surface area contributed by atoms with Crippen LogP contribution in [0.2, 0.25) is 0 Å². The van der Waals surface area contributed by atoms with E-state index in [1.807, 2.05) is 0 Å². The van der Waals surface area contributed by atoms with E-state index in [0.717, 1.165) is 30.1 Å². The Kier molecular flexibility index (Phi) is 5.61. The summed E-state index contributed by atoms with van der Waals surface area (Å²) in [6.45, 7) is 4.70. The maximum Gasteiger partial charge on any atom is -0.0162 e. The highest BCUT2D eigenvalue weighted by molar-refractivity contribution is 5.25. The Morgan fingerprint density at radius 3 is 2.09 bits per heavy atom. The maximum atomic E-state index is 2.46. The van der Waals surface area contributed by atoms with Crippen molar-refractivity contribution < 1.29 is 0 Å². The van der Waals surface area contributed by atoms with Crippen LogP contribution in [-0.2, 0) is 6.42 Å². The zero-order valence-electron chi connectivity index (χ0n) is 14.7. The van der Waals surface area contributed by atoms with Crippen molar-refractivity contribution >= 4 is 0 Å². The second-order valence-electron chi connectivity index (χ2n) is 8.08. The van der Waals surface area contributed by atoms with Gasteiger partial charge in [-0.1, -0.05) is 63.8 Å². The molecule has 0 saturated heterocycles. The van der Waals surface area contributed by atoms with E-state index in [4.69, 9.17) is 0 Å². The molecule has 3 rings (SSSR count). The van der Waals surface area contributed by atoms with E-state index in [1.165, 1.54) is 63.4 Å². The SMILES string of the molecule is CCc1ccc(C2CCC(C3CCCC(C)CC3)CC2)cc1. The molecule has 22 heavy (non-hydrogen) atoms. The fraction of sp³-hybridized carbons (Fsp3) is 0.727. The monoisotopic (exact) mass is 298 g/mol. The first-order valence-electron chi connectivity index (χ1n) is 9.85. The van der Waals surface area contributed by atoms with Gasteiger partial charge in [-0.25, -0.2) is 0 Å². The van der Waals surface area contributed by atoms with Crippen LogP contribution in [0, 0.1) is 17.8 Å². The third kappa shape index (κ3) is 3.94. The summed E-state index contributed by atoms with van der Waals surface area (Å²) in [5.74, 6) is 3.91. The van der Waals surface area contributed by atoms with Gasteiger partial charge < -0.3 is 0 Å². The molecule has 0 aliphatic heterocycles. The molecule has 2 atom stereocenters. The lowest BCUT2D eigenvalue weighted by molar-refractivity contribution is 0.212. The summed E-state index contributed by atoms with van der Waals surface area (Å²) in [6.07, 6.45) is 14.5. The fourth-order valence-electron chi connectivity index (χ4n) is 4.94. The van der Waals surface area contributed by atoms with Gasteiger partial charge in [-0.2, -0.15) is 0 Å². The van der Waals surface area contributed by atoms with Crippen molar-refractivity contribution in [1.29, 1.82) is 0 Å². The van der Waals surface area contributed by atoms with Crippen molar-refractivity contribution in [3.05, 3.63) is 35.4 Å². The molecule has 0 bridgehead atoms. The van der Waals surface area contributed by atoms with Crippen LogP contribution in [0.1, 0.15) is 88.7 Å². The second-order valence-corrected chi connectivity index (χ2v) is 8.08. The quantitative estimate of drug-likeness (QED) is 0.542. The zero-order chi connectivity index (χ0) is 15.4. The van der Waals surface area contributed by atoms with E-state index < -0.39 is 0 Å². The molecule has 2 aliphatic carbocycles. The molecule has 122 valence electrons. The molecule has 2 aliphatic rings. The molecule has 0 spiro atoms. The molecule has 0 amide bonds. The maximum absolute atomic E-state index is 2.46. The average Bonchev–Trinajstić information content (AvgIpc) is 2.80. The normalized spacial score (nSPS) is 33.4. The number of rotatable bonds is 3. The third-order valence-electron chi connectivity index (χ3n) is 6.60. The minimum absolute atomic E-state index is 0.840. The Hall–Kier alpha value is -0.780. The van der Waals surface area contributed by atoms with E-state index in [-0.39, 0.29) is 0 Å². The van der Waals surface area contributed by atoms with E-state index in [9.17, 15) is 0 Å². The second kappa shape index (κ2) is 7.66. The molecule has 0 heterocycles. The van der Waals surface area contributed by atoms with Crippen molar-refractivity contribution in [3.8, 4) is 0 Å². The lowest BCUT2D eigenvalue weighted by atomic mass is 9.72. The Morgan fingerprint density at radius 2 is 1.41 bits per heavy atom. The highest BCUT2D eigenvalue weighted by Gasteiger charge is 2.29. The summed E-state index contributed by atoms with van der Waals surface area (Å²) in [5.41, 5.74) is 3.08. The van der Waals surface area contributed by atoms with Crippen LogP contribution in [0.4, 0.5) is 0 Å². The summed E-state index contributed by atoms with van der Waals surface area (Å²) in [5, 5.41) is 0. The Labute approximate surface area is 137 Å². The van der Waals surface area contributed by atoms with Crippen molar-refractivity contribution in [2.75, 3.05) is 0 Å². The standard InChI is InChI=1S/C22H34/c1-3-18-8-11-20(12-9-18)22-15-13-21(14-16-22)19-6-4-5-17(2)7-10-19/h8-9,11-12,17,19,21-22H,3-7,10,13-16H2,1-2H3. The molecular weight excluding hydrogens is 264 g/mol. The highest BCUT2D eigenvalue weighted by atomic mass is 14.3. The molecule has 0 radical (unpaired) electrons. The van der Waals surface area contributed by atoms with E-state index in [2.05, 4.69) is 38.1 Å². The van der Waals surface area contributed by atoms with Crippen LogP contribution in [0.5, 0.6) is 0 Å². The smallest absolute Gasteiger partial charge is 0.0162 e. The molecule has 2 fully saturated rings. The lowest BCUT2D eigenvalue weighted by Crippen LogP contribution is -2.21. The molecular formula is C22H34. The van der Waals surface area contributed by atoms with E-state index in [1.54, 1.807) is 5.56 Å². The summed E-state index contributed by atoms with van der Waals surface area (Å²) < 4.78 is 0.